The molecule has 43 heavy (non-hydrogen) atoms. The summed E-state index contributed by atoms with van der Waals surface area (Å²) >= 11 is 0. The molecule has 1 heterocycles. The molecule has 9 nitrogen and oxygen atoms in total. The summed E-state index contributed by atoms with van der Waals surface area (Å²) in [5, 5.41) is 9.25. The Bertz CT molecular complexity index is 1630. The van der Waals surface area contributed by atoms with Crippen molar-refractivity contribution in [1.82, 2.24) is 14.8 Å². The van der Waals surface area contributed by atoms with E-state index >= 15 is 0 Å². The number of aromatic nitrogens is 1. The van der Waals surface area contributed by atoms with E-state index in [0.717, 1.165) is 36.5 Å². The van der Waals surface area contributed by atoms with Gasteiger partial charge < -0.3 is 30.2 Å². The first-order valence-electron chi connectivity index (χ1n) is 13.8. The number of halogens is 3. The fourth-order valence-electron chi connectivity index (χ4n) is 5.25. The van der Waals surface area contributed by atoms with Gasteiger partial charge in [0.2, 0.25) is 0 Å². The second-order valence-corrected chi connectivity index (χ2v) is 12.8. The van der Waals surface area contributed by atoms with Crippen molar-refractivity contribution in [2.24, 2.45) is 0 Å². The first-order chi connectivity index (χ1) is 20.2. The fourth-order valence-corrected chi connectivity index (χ4v) is 5.89. The average Bonchev–Trinajstić information content (AvgIpc) is 3.27. The zero-order valence-corrected chi connectivity index (χ0v) is 25.3. The second kappa shape index (κ2) is 13.2. The van der Waals surface area contributed by atoms with Crippen LogP contribution in [0.3, 0.4) is 0 Å². The van der Waals surface area contributed by atoms with E-state index < -0.39 is 28.6 Å². The molecule has 0 spiro atoms. The summed E-state index contributed by atoms with van der Waals surface area (Å²) in [6, 6.07) is 10.8. The molecule has 1 aliphatic rings. The highest BCUT2D eigenvalue weighted by Gasteiger charge is 2.30. The van der Waals surface area contributed by atoms with Gasteiger partial charge in [-0.05, 0) is 76.0 Å². The van der Waals surface area contributed by atoms with Crippen LogP contribution in [0.5, 0.6) is 5.75 Å². The number of amides is 2. The summed E-state index contributed by atoms with van der Waals surface area (Å²) in [5.41, 5.74) is 1.28. The van der Waals surface area contributed by atoms with Crippen LogP contribution in [-0.2, 0) is 16.4 Å². The van der Waals surface area contributed by atoms with Gasteiger partial charge >= 0.3 is 12.2 Å². The summed E-state index contributed by atoms with van der Waals surface area (Å²) in [6.45, 7) is -1.20. The number of anilines is 2. The van der Waals surface area contributed by atoms with E-state index in [2.05, 4.69) is 32.7 Å². The third-order valence-corrected chi connectivity index (χ3v) is 8.59. The highest BCUT2D eigenvalue weighted by Crippen LogP contribution is 2.31. The maximum Gasteiger partial charge on any atom is 0.406 e. The van der Waals surface area contributed by atoms with Crippen LogP contribution in [-0.4, -0.2) is 76.2 Å². The SMILES string of the molecule is COc1cc(S(C)(=O)=O)ccc1NCC#Cc1cc2c(NC(=O)N[C@H]3CC[C@H](N(C)C)CC3)cccc2n1CC(F)(F)F. The molecule has 0 bridgehead atoms. The Balaban J connectivity index is 1.53. The Hall–Kier alpha value is -3.89. The Labute approximate surface area is 249 Å². The van der Waals surface area contributed by atoms with E-state index in [-0.39, 0.29) is 34.4 Å². The van der Waals surface area contributed by atoms with Crippen molar-refractivity contribution in [3.05, 3.63) is 48.2 Å². The number of ether oxygens (including phenoxy) is 1. The molecule has 0 atom stereocenters. The molecule has 1 saturated carbocycles. The van der Waals surface area contributed by atoms with Gasteiger partial charge in [0.1, 0.15) is 12.3 Å². The van der Waals surface area contributed by atoms with E-state index in [1.807, 2.05) is 14.1 Å². The molecule has 1 fully saturated rings. The number of methoxy groups -OCH3 is 1. The predicted octanol–water partition coefficient (Wildman–Crippen LogP) is 5.07. The molecule has 0 aliphatic heterocycles. The molecular weight excluding hydrogens is 583 g/mol. The van der Waals surface area contributed by atoms with Crippen LogP contribution in [0.15, 0.2) is 47.4 Å². The number of sulfone groups is 1. The van der Waals surface area contributed by atoms with Crippen molar-refractivity contribution in [2.45, 2.75) is 55.4 Å². The topological polar surface area (TPSA) is 105 Å². The number of nitrogens with zero attached hydrogens (tertiary/aromatic N) is 2. The van der Waals surface area contributed by atoms with E-state index in [1.165, 1.54) is 31.4 Å². The second-order valence-electron chi connectivity index (χ2n) is 10.8. The minimum Gasteiger partial charge on any atom is -0.495 e. The molecule has 4 rings (SSSR count). The number of benzene rings is 2. The number of hydrogen-bond acceptors (Lipinski definition) is 6. The molecule has 3 aromatic rings. The molecule has 2 amide bonds. The van der Waals surface area contributed by atoms with E-state index in [1.54, 1.807) is 18.2 Å². The Morgan fingerprint density at radius 3 is 2.44 bits per heavy atom. The van der Waals surface area contributed by atoms with E-state index in [9.17, 15) is 26.4 Å². The van der Waals surface area contributed by atoms with Gasteiger partial charge in [-0.2, -0.15) is 13.2 Å². The summed E-state index contributed by atoms with van der Waals surface area (Å²) in [7, 11) is 2.06. The lowest BCUT2D eigenvalue weighted by molar-refractivity contribution is -0.140. The van der Waals surface area contributed by atoms with Crippen molar-refractivity contribution >= 4 is 38.1 Å². The largest absolute Gasteiger partial charge is 0.495 e. The molecule has 13 heteroatoms. The monoisotopic (exact) mass is 619 g/mol. The number of carbonyl (C=O) groups excluding carboxylic acids is 1. The lowest BCUT2D eigenvalue weighted by Gasteiger charge is -2.32. The molecular formula is C30H36F3N5O4S. The predicted molar refractivity (Wildman–Crippen MR) is 161 cm³/mol. The third-order valence-electron chi connectivity index (χ3n) is 7.48. The number of nitrogens with one attached hydrogen (secondary N) is 3. The highest BCUT2D eigenvalue weighted by atomic mass is 32.2. The number of fused-ring (bicyclic) bond motifs is 1. The number of carbonyl (C=O) groups is 1. The van der Waals surface area contributed by atoms with Crippen LogP contribution in [0, 0.1) is 11.8 Å². The van der Waals surface area contributed by atoms with Gasteiger partial charge in [0, 0.05) is 29.8 Å². The number of hydrogen-bond donors (Lipinski definition) is 3. The molecule has 0 unspecified atom stereocenters. The smallest absolute Gasteiger partial charge is 0.406 e. The number of rotatable bonds is 8. The molecule has 0 saturated heterocycles. The van der Waals surface area contributed by atoms with Crippen molar-refractivity contribution in [3.8, 4) is 17.6 Å². The molecule has 1 aliphatic carbocycles. The zero-order chi connectivity index (χ0) is 31.4. The third kappa shape index (κ3) is 8.36. The number of urea groups is 1. The standard InChI is InChI=1S/C30H36F3N5O4S/c1-37(2)21-12-10-20(11-13-21)35-29(39)36-25-8-5-9-27-24(25)17-22(38(27)19-30(31,32)33)7-6-16-34-26-15-14-23(43(4,40)41)18-28(26)42-3/h5,8-9,14-15,17-18,20-21,34H,10-13,16,19H2,1-4H3,(H2,35,36,39)/t20-,21-. The molecule has 232 valence electrons. The van der Waals surface area contributed by atoms with Crippen molar-refractivity contribution in [1.29, 1.82) is 0 Å². The maximum absolute atomic E-state index is 13.6. The minimum absolute atomic E-state index is 0.0281. The number of alkyl halides is 3. The van der Waals surface area contributed by atoms with Crippen molar-refractivity contribution < 1.29 is 31.1 Å². The van der Waals surface area contributed by atoms with Crippen molar-refractivity contribution in [3.63, 3.8) is 0 Å². The molecule has 1 aromatic heterocycles. The lowest BCUT2D eigenvalue weighted by atomic mass is 9.91. The van der Waals surface area contributed by atoms with E-state index in [4.69, 9.17) is 4.74 Å². The first-order valence-corrected chi connectivity index (χ1v) is 15.7. The zero-order valence-electron chi connectivity index (χ0n) is 24.5. The van der Waals surface area contributed by atoms with Crippen LogP contribution in [0.4, 0.5) is 29.3 Å². The van der Waals surface area contributed by atoms with Crippen molar-refractivity contribution in [2.75, 3.05) is 44.6 Å². The van der Waals surface area contributed by atoms with Crippen LogP contribution in [0.25, 0.3) is 10.9 Å². The minimum atomic E-state index is -4.50. The summed E-state index contributed by atoms with van der Waals surface area (Å²) in [5.74, 6) is 5.93. The molecule has 3 N–H and O–H groups in total. The van der Waals surface area contributed by atoms with Crippen LogP contribution < -0.4 is 20.7 Å². The normalized spacial score (nSPS) is 17.3. The van der Waals surface area contributed by atoms with Gasteiger partial charge in [-0.3, -0.25) is 0 Å². The summed E-state index contributed by atoms with van der Waals surface area (Å²) in [6.07, 6.45) is 0.243. The average molecular weight is 620 g/mol. The maximum atomic E-state index is 13.6. The summed E-state index contributed by atoms with van der Waals surface area (Å²) in [4.78, 5) is 15.1. The van der Waals surface area contributed by atoms with Crippen LogP contribution in [0.2, 0.25) is 0 Å². The van der Waals surface area contributed by atoms with Crippen LogP contribution in [0.1, 0.15) is 31.4 Å². The lowest BCUT2D eigenvalue weighted by Crippen LogP contribution is -2.43. The quantitative estimate of drug-likeness (QED) is 0.304. The fraction of sp³-hybridized carbons (Fsp3) is 0.433. The molecule has 2 aromatic carbocycles. The van der Waals surface area contributed by atoms with Gasteiger partial charge in [0.15, 0.2) is 9.84 Å². The van der Waals surface area contributed by atoms with Gasteiger partial charge in [-0.15, -0.1) is 0 Å². The highest BCUT2D eigenvalue weighted by molar-refractivity contribution is 7.90. The Morgan fingerprint density at radius 2 is 1.81 bits per heavy atom. The Morgan fingerprint density at radius 1 is 1.09 bits per heavy atom. The van der Waals surface area contributed by atoms with Gasteiger partial charge in [-0.1, -0.05) is 12.0 Å². The van der Waals surface area contributed by atoms with Gasteiger partial charge in [0.25, 0.3) is 0 Å². The van der Waals surface area contributed by atoms with Crippen LogP contribution >= 0.6 is 0 Å². The van der Waals surface area contributed by atoms with Gasteiger partial charge in [-0.25, -0.2) is 13.2 Å². The summed E-state index contributed by atoms with van der Waals surface area (Å²) < 4.78 is 70.7. The first kappa shape index (κ1) is 32.0. The molecule has 0 radical (unpaired) electrons. The van der Waals surface area contributed by atoms with E-state index in [0.29, 0.717) is 22.8 Å². The van der Waals surface area contributed by atoms with Gasteiger partial charge in [0.05, 0.1) is 41.1 Å². The Kier molecular flexibility index (Phi) is 9.82.